The Morgan fingerprint density at radius 1 is 1.39 bits per heavy atom. The summed E-state index contributed by atoms with van der Waals surface area (Å²) in [6.45, 7) is 1.38. The molecule has 0 bridgehead atoms. The van der Waals surface area contributed by atoms with Crippen molar-refractivity contribution in [1.82, 2.24) is 9.62 Å². The van der Waals surface area contributed by atoms with E-state index in [4.69, 9.17) is 4.74 Å². The van der Waals surface area contributed by atoms with Gasteiger partial charge in [0.25, 0.3) is 0 Å². The third kappa shape index (κ3) is 6.15. The number of benzene rings is 1. The van der Waals surface area contributed by atoms with Crippen molar-refractivity contribution in [2.45, 2.75) is 12.8 Å². The molecule has 1 heterocycles. The Kier molecular flexibility index (Phi) is 5.95. The highest BCUT2D eigenvalue weighted by molar-refractivity contribution is 7.88. The Morgan fingerprint density at radius 2 is 2.09 bits per heavy atom. The molecule has 128 valence electrons. The molecule has 0 saturated carbocycles. The van der Waals surface area contributed by atoms with Crippen LogP contribution in [0.25, 0.3) is 0 Å². The van der Waals surface area contributed by atoms with Crippen LogP contribution in [-0.4, -0.2) is 51.7 Å². The highest BCUT2D eigenvalue weighted by Crippen LogP contribution is 2.19. The average Bonchev–Trinajstić information content (AvgIpc) is 2.51. The molecule has 1 N–H and O–H groups in total. The number of likely N-dealkylation sites (tertiary alicyclic amines) is 1. The van der Waals surface area contributed by atoms with Gasteiger partial charge >= 0.3 is 0 Å². The summed E-state index contributed by atoms with van der Waals surface area (Å²) in [5.41, 5.74) is 0. The van der Waals surface area contributed by atoms with Gasteiger partial charge in [-0.15, -0.1) is 0 Å². The number of ether oxygens (including phenoxy) is 1. The molecule has 1 aliphatic heterocycles. The fraction of sp³-hybridized carbons (Fsp3) is 0.533. The van der Waals surface area contributed by atoms with Gasteiger partial charge in [-0.25, -0.2) is 17.5 Å². The van der Waals surface area contributed by atoms with Gasteiger partial charge in [-0.3, -0.25) is 4.79 Å². The van der Waals surface area contributed by atoms with Crippen molar-refractivity contribution in [2.24, 2.45) is 5.92 Å². The third-order valence-corrected chi connectivity index (χ3v) is 4.33. The first-order valence-corrected chi connectivity index (χ1v) is 9.33. The van der Waals surface area contributed by atoms with E-state index >= 15 is 0 Å². The number of hydrogen-bond acceptors (Lipinski definition) is 4. The van der Waals surface area contributed by atoms with Crippen LogP contribution in [0.3, 0.4) is 0 Å². The maximum atomic E-state index is 12.8. The SMILES string of the molecule is CS(=O)(=O)NCC(=O)N1CCC[C@@H](COc2ccc(F)cc2)C1. The lowest BCUT2D eigenvalue weighted by molar-refractivity contribution is -0.131. The number of amides is 1. The van der Waals surface area contributed by atoms with E-state index in [-0.39, 0.29) is 24.2 Å². The summed E-state index contributed by atoms with van der Waals surface area (Å²) in [6, 6.07) is 5.81. The van der Waals surface area contributed by atoms with Crippen molar-refractivity contribution in [3.63, 3.8) is 0 Å². The van der Waals surface area contributed by atoms with Gasteiger partial charge in [0.15, 0.2) is 0 Å². The lowest BCUT2D eigenvalue weighted by atomic mass is 9.99. The van der Waals surface area contributed by atoms with Crippen molar-refractivity contribution in [2.75, 3.05) is 32.5 Å². The number of sulfonamides is 1. The first-order valence-electron chi connectivity index (χ1n) is 7.44. The molecular formula is C15H21FN2O4S. The third-order valence-electron chi connectivity index (χ3n) is 3.66. The molecular weight excluding hydrogens is 323 g/mol. The van der Waals surface area contributed by atoms with Gasteiger partial charge in [0.05, 0.1) is 19.4 Å². The Bertz CT molecular complexity index is 633. The smallest absolute Gasteiger partial charge is 0.237 e. The summed E-state index contributed by atoms with van der Waals surface area (Å²) in [5.74, 6) is 0.219. The van der Waals surface area contributed by atoms with E-state index in [1.807, 2.05) is 0 Å². The number of nitrogens with zero attached hydrogens (tertiary/aromatic N) is 1. The quantitative estimate of drug-likeness (QED) is 0.835. The molecule has 6 nitrogen and oxygen atoms in total. The lowest BCUT2D eigenvalue weighted by Gasteiger charge is -2.32. The summed E-state index contributed by atoms with van der Waals surface area (Å²) in [5, 5.41) is 0. The summed E-state index contributed by atoms with van der Waals surface area (Å²) in [4.78, 5) is 13.7. The number of carbonyl (C=O) groups is 1. The first kappa shape index (κ1) is 17.7. The van der Waals surface area contributed by atoms with Crippen LogP contribution in [0.5, 0.6) is 5.75 Å². The van der Waals surface area contributed by atoms with Gasteiger partial charge in [0.1, 0.15) is 11.6 Å². The Hall–Kier alpha value is -1.67. The van der Waals surface area contributed by atoms with Crippen LogP contribution in [0.2, 0.25) is 0 Å². The molecule has 1 saturated heterocycles. The molecule has 1 atom stereocenters. The molecule has 1 aliphatic rings. The van der Waals surface area contributed by atoms with Crippen molar-refractivity contribution < 1.29 is 22.3 Å². The van der Waals surface area contributed by atoms with E-state index in [0.29, 0.717) is 25.4 Å². The predicted octanol–water partition coefficient (Wildman–Crippen LogP) is 0.992. The molecule has 0 aromatic heterocycles. The van der Waals surface area contributed by atoms with E-state index in [0.717, 1.165) is 19.1 Å². The normalized spacial score (nSPS) is 18.7. The zero-order valence-corrected chi connectivity index (χ0v) is 13.8. The van der Waals surface area contributed by atoms with E-state index in [1.165, 1.54) is 12.1 Å². The van der Waals surface area contributed by atoms with Gasteiger partial charge in [-0.1, -0.05) is 0 Å². The van der Waals surface area contributed by atoms with E-state index in [2.05, 4.69) is 4.72 Å². The second-order valence-electron chi connectivity index (χ2n) is 5.71. The van der Waals surface area contributed by atoms with Crippen LogP contribution < -0.4 is 9.46 Å². The largest absolute Gasteiger partial charge is 0.493 e. The molecule has 23 heavy (non-hydrogen) atoms. The zero-order valence-electron chi connectivity index (χ0n) is 13.0. The Balaban J connectivity index is 1.80. The van der Waals surface area contributed by atoms with E-state index < -0.39 is 10.0 Å². The number of halogens is 1. The van der Waals surface area contributed by atoms with Gasteiger partial charge in [0.2, 0.25) is 15.9 Å². The molecule has 1 amide bonds. The predicted molar refractivity (Wildman–Crippen MR) is 84.0 cm³/mol. The van der Waals surface area contributed by atoms with Crippen LogP contribution in [0.15, 0.2) is 24.3 Å². The highest BCUT2D eigenvalue weighted by atomic mass is 32.2. The average molecular weight is 344 g/mol. The van der Waals surface area contributed by atoms with Crippen LogP contribution in [0.4, 0.5) is 4.39 Å². The van der Waals surface area contributed by atoms with Crippen molar-refractivity contribution >= 4 is 15.9 Å². The Labute approximate surface area is 135 Å². The second kappa shape index (κ2) is 7.74. The number of nitrogens with one attached hydrogen (secondary N) is 1. The monoisotopic (exact) mass is 344 g/mol. The second-order valence-corrected chi connectivity index (χ2v) is 7.54. The van der Waals surface area contributed by atoms with Crippen LogP contribution in [0.1, 0.15) is 12.8 Å². The van der Waals surface area contributed by atoms with Gasteiger partial charge in [-0.2, -0.15) is 0 Å². The van der Waals surface area contributed by atoms with Crippen LogP contribution >= 0.6 is 0 Å². The minimum absolute atomic E-state index is 0.177. The fourth-order valence-electron chi connectivity index (χ4n) is 2.48. The summed E-state index contributed by atoms with van der Waals surface area (Å²) in [6.07, 6.45) is 2.81. The van der Waals surface area contributed by atoms with Crippen molar-refractivity contribution in [3.05, 3.63) is 30.1 Å². The molecule has 1 fully saturated rings. The maximum absolute atomic E-state index is 12.8. The summed E-state index contributed by atoms with van der Waals surface area (Å²) < 4.78 is 42.7. The number of carbonyl (C=O) groups excluding carboxylic acids is 1. The lowest BCUT2D eigenvalue weighted by Crippen LogP contribution is -2.45. The van der Waals surface area contributed by atoms with Crippen LogP contribution in [0, 0.1) is 11.7 Å². The molecule has 2 rings (SSSR count). The molecule has 1 aromatic carbocycles. The molecule has 0 radical (unpaired) electrons. The molecule has 1 aromatic rings. The molecule has 0 spiro atoms. The van der Waals surface area contributed by atoms with Gasteiger partial charge in [0, 0.05) is 19.0 Å². The summed E-state index contributed by atoms with van der Waals surface area (Å²) in [7, 11) is -3.37. The van der Waals surface area contributed by atoms with E-state index in [9.17, 15) is 17.6 Å². The first-order chi connectivity index (χ1) is 10.8. The van der Waals surface area contributed by atoms with Crippen molar-refractivity contribution in [1.29, 1.82) is 0 Å². The number of piperidine rings is 1. The van der Waals surface area contributed by atoms with E-state index in [1.54, 1.807) is 17.0 Å². The maximum Gasteiger partial charge on any atom is 0.237 e. The molecule has 0 unspecified atom stereocenters. The number of hydrogen-bond donors (Lipinski definition) is 1. The van der Waals surface area contributed by atoms with Crippen molar-refractivity contribution in [3.8, 4) is 5.75 Å². The topological polar surface area (TPSA) is 75.7 Å². The minimum atomic E-state index is -3.37. The minimum Gasteiger partial charge on any atom is -0.493 e. The summed E-state index contributed by atoms with van der Waals surface area (Å²) >= 11 is 0. The zero-order chi connectivity index (χ0) is 16.9. The Morgan fingerprint density at radius 3 is 2.74 bits per heavy atom. The molecule has 8 heteroatoms. The molecule has 0 aliphatic carbocycles. The van der Waals surface area contributed by atoms with Gasteiger partial charge < -0.3 is 9.64 Å². The van der Waals surface area contributed by atoms with Crippen LogP contribution in [-0.2, 0) is 14.8 Å². The number of rotatable bonds is 6. The fourth-order valence-corrected chi connectivity index (χ4v) is 2.86. The highest BCUT2D eigenvalue weighted by Gasteiger charge is 2.24. The standard InChI is InChI=1S/C15H21FN2O4S/c1-23(20,21)17-9-15(19)18-8-2-3-12(10-18)11-22-14-6-4-13(16)5-7-14/h4-7,12,17H,2-3,8-11H2,1H3/t12-/m1/s1. The van der Waals surface area contributed by atoms with Gasteiger partial charge in [-0.05, 0) is 37.1 Å².